The largest absolute Gasteiger partial charge is 0.378 e. The zero-order valence-electron chi connectivity index (χ0n) is 12.9. The summed E-state index contributed by atoms with van der Waals surface area (Å²) in [5.74, 6) is 0. The van der Waals surface area contributed by atoms with Gasteiger partial charge in [0.15, 0.2) is 0 Å². The smallest absolute Gasteiger partial charge is 0.0561 e. The van der Waals surface area contributed by atoms with Crippen molar-refractivity contribution in [2.24, 2.45) is 0 Å². The van der Waals surface area contributed by atoms with Crippen LogP contribution >= 0.6 is 0 Å². The predicted octanol–water partition coefficient (Wildman–Crippen LogP) is 3.83. The lowest BCUT2D eigenvalue weighted by atomic mass is 9.95. The number of rotatable bonds is 3. The maximum atomic E-state index is 5.61. The number of hydrogen-bond donors (Lipinski definition) is 1. The highest BCUT2D eigenvalue weighted by atomic mass is 16.5. The molecule has 0 aliphatic carbocycles. The third-order valence-corrected chi connectivity index (χ3v) is 4.32. The molecule has 0 bridgehead atoms. The number of aryl methyl sites for hydroxylation is 3. The first-order valence-electron chi connectivity index (χ1n) is 7.42. The van der Waals surface area contributed by atoms with Crippen LogP contribution in [0.4, 0.5) is 0 Å². The standard InChI is InChI=1S/C17H27NO/c1-11-8-13(3)17(9-12(11)2)15(5)18-16-6-7-19-14(4)10-16/h8-9,14-16,18H,6-7,10H2,1-5H3. The van der Waals surface area contributed by atoms with Crippen LogP contribution in [0, 0.1) is 20.8 Å². The minimum Gasteiger partial charge on any atom is -0.378 e. The molecule has 3 unspecified atom stereocenters. The Bertz CT molecular complexity index is 441. The third kappa shape index (κ3) is 3.58. The molecule has 0 spiro atoms. The number of ether oxygens (including phenoxy) is 1. The Balaban J connectivity index is 2.07. The average molecular weight is 261 g/mol. The lowest BCUT2D eigenvalue weighted by molar-refractivity contribution is 0.0116. The van der Waals surface area contributed by atoms with Crippen molar-refractivity contribution in [3.8, 4) is 0 Å². The predicted molar refractivity (Wildman–Crippen MR) is 80.6 cm³/mol. The van der Waals surface area contributed by atoms with Crippen molar-refractivity contribution in [2.75, 3.05) is 6.61 Å². The van der Waals surface area contributed by atoms with Gasteiger partial charge in [0.05, 0.1) is 6.10 Å². The second-order valence-corrected chi connectivity index (χ2v) is 6.08. The van der Waals surface area contributed by atoms with Crippen molar-refractivity contribution in [2.45, 2.75) is 65.6 Å². The van der Waals surface area contributed by atoms with Crippen molar-refractivity contribution < 1.29 is 4.74 Å². The molecule has 0 radical (unpaired) electrons. The molecule has 0 aromatic heterocycles. The zero-order chi connectivity index (χ0) is 14.0. The fourth-order valence-electron chi connectivity index (χ4n) is 3.04. The fraction of sp³-hybridized carbons (Fsp3) is 0.647. The molecule has 1 aliphatic rings. The normalized spacial score (nSPS) is 25.3. The second kappa shape index (κ2) is 6.06. The highest BCUT2D eigenvalue weighted by Crippen LogP contribution is 2.24. The van der Waals surface area contributed by atoms with Gasteiger partial charge in [0.25, 0.3) is 0 Å². The van der Waals surface area contributed by atoms with Crippen molar-refractivity contribution in [1.29, 1.82) is 0 Å². The van der Waals surface area contributed by atoms with E-state index in [2.05, 4.69) is 52.1 Å². The first-order chi connectivity index (χ1) is 8.97. The molecule has 1 heterocycles. The van der Waals surface area contributed by atoms with Crippen LogP contribution in [0.15, 0.2) is 12.1 Å². The Morgan fingerprint density at radius 3 is 2.53 bits per heavy atom. The van der Waals surface area contributed by atoms with Gasteiger partial charge in [0.1, 0.15) is 0 Å². The summed E-state index contributed by atoms with van der Waals surface area (Å²) in [7, 11) is 0. The van der Waals surface area contributed by atoms with Crippen LogP contribution in [-0.2, 0) is 4.74 Å². The fourth-order valence-corrected chi connectivity index (χ4v) is 3.04. The van der Waals surface area contributed by atoms with Gasteiger partial charge in [-0.1, -0.05) is 12.1 Å². The molecule has 1 aliphatic heterocycles. The van der Waals surface area contributed by atoms with E-state index in [1.807, 2.05) is 0 Å². The topological polar surface area (TPSA) is 21.3 Å². The monoisotopic (exact) mass is 261 g/mol. The summed E-state index contributed by atoms with van der Waals surface area (Å²) in [4.78, 5) is 0. The molecular formula is C17H27NO. The quantitative estimate of drug-likeness (QED) is 0.893. The molecule has 1 N–H and O–H groups in total. The molecule has 1 fully saturated rings. The number of hydrogen-bond acceptors (Lipinski definition) is 2. The maximum absolute atomic E-state index is 5.61. The van der Waals surface area contributed by atoms with E-state index in [9.17, 15) is 0 Å². The molecule has 0 saturated carbocycles. The van der Waals surface area contributed by atoms with Crippen molar-refractivity contribution in [3.63, 3.8) is 0 Å². The molecule has 2 heteroatoms. The number of nitrogens with one attached hydrogen (secondary N) is 1. The summed E-state index contributed by atoms with van der Waals surface area (Å²) < 4.78 is 5.61. The van der Waals surface area contributed by atoms with Gasteiger partial charge >= 0.3 is 0 Å². The molecule has 2 nitrogen and oxygen atoms in total. The van der Waals surface area contributed by atoms with Crippen LogP contribution in [0.3, 0.4) is 0 Å². The summed E-state index contributed by atoms with van der Waals surface area (Å²) in [6, 6.07) is 5.63. The average Bonchev–Trinajstić information content (AvgIpc) is 2.33. The van der Waals surface area contributed by atoms with Crippen LogP contribution in [-0.4, -0.2) is 18.8 Å². The summed E-state index contributed by atoms with van der Waals surface area (Å²) in [5.41, 5.74) is 5.59. The molecule has 1 aromatic carbocycles. The van der Waals surface area contributed by atoms with Gasteiger partial charge in [-0.3, -0.25) is 0 Å². The van der Waals surface area contributed by atoms with E-state index >= 15 is 0 Å². The van der Waals surface area contributed by atoms with E-state index in [1.165, 1.54) is 22.3 Å². The van der Waals surface area contributed by atoms with E-state index in [0.717, 1.165) is 19.4 Å². The molecule has 1 aromatic rings. The van der Waals surface area contributed by atoms with Crippen LogP contribution in [0.5, 0.6) is 0 Å². The first-order valence-corrected chi connectivity index (χ1v) is 7.42. The Kier molecular flexibility index (Phi) is 4.64. The van der Waals surface area contributed by atoms with Gasteiger partial charge in [-0.05, 0) is 69.7 Å². The molecule has 2 rings (SSSR count). The van der Waals surface area contributed by atoms with E-state index in [0.29, 0.717) is 18.2 Å². The molecule has 3 atom stereocenters. The van der Waals surface area contributed by atoms with Crippen LogP contribution in [0.1, 0.15) is 55.0 Å². The van der Waals surface area contributed by atoms with Gasteiger partial charge in [-0.15, -0.1) is 0 Å². The van der Waals surface area contributed by atoms with Gasteiger partial charge in [-0.2, -0.15) is 0 Å². The van der Waals surface area contributed by atoms with E-state index in [1.54, 1.807) is 0 Å². The lowest BCUT2D eigenvalue weighted by Gasteiger charge is -2.31. The molecule has 0 amide bonds. The molecule has 19 heavy (non-hydrogen) atoms. The summed E-state index contributed by atoms with van der Waals surface area (Å²) in [6.45, 7) is 11.9. The third-order valence-electron chi connectivity index (χ3n) is 4.32. The van der Waals surface area contributed by atoms with E-state index in [4.69, 9.17) is 4.74 Å². The van der Waals surface area contributed by atoms with Crippen LogP contribution in [0.2, 0.25) is 0 Å². The minimum atomic E-state index is 0.388. The highest BCUT2D eigenvalue weighted by molar-refractivity contribution is 5.38. The summed E-state index contributed by atoms with van der Waals surface area (Å²) in [6.07, 6.45) is 2.63. The SMILES string of the molecule is Cc1cc(C)c(C(C)NC2CCOC(C)C2)cc1C. The van der Waals surface area contributed by atoms with Crippen LogP contribution < -0.4 is 5.32 Å². The van der Waals surface area contributed by atoms with Crippen molar-refractivity contribution >= 4 is 0 Å². The molecule has 1 saturated heterocycles. The summed E-state index contributed by atoms with van der Waals surface area (Å²) >= 11 is 0. The van der Waals surface area contributed by atoms with E-state index < -0.39 is 0 Å². The van der Waals surface area contributed by atoms with Gasteiger partial charge in [0.2, 0.25) is 0 Å². The Labute approximate surface area is 117 Å². The Morgan fingerprint density at radius 2 is 1.84 bits per heavy atom. The minimum absolute atomic E-state index is 0.388. The molecule has 106 valence electrons. The van der Waals surface area contributed by atoms with Gasteiger partial charge in [0, 0.05) is 18.7 Å². The van der Waals surface area contributed by atoms with Crippen LogP contribution in [0.25, 0.3) is 0 Å². The van der Waals surface area contributed by atoms with Crippen molar-refractivity contribution in [1.82, 2.24) is 5.32 Å². The zero-order valence-corrected chi connectivity index (χ0v) is 12.9. The Hall–Kier alpha value is -0.860. The molecular weight excluding hydrogens is 234 g/mol. The highest BCUT2D eigenvalue weighted by Gasteiger charge is 2.21. The summed E-state index contributed by atoms with van der Waals surface area (Å²) in [5, 5.41) is 3.77. The van der Waals surface area contributed by atoms with E-state index in [-0.39, 0.29) is 0 Å². The second-order valence-electron chi connectivity index (χ2n) is 6.08. The first kappa shape index (κ1) is 14.5. The Morgan fingerprint density at radius 1 is 1.16 bits per heavy atom. The van der Waals surface area contributed by atoms with Crippen molar-refractivity contribution in [3.05, 3.63) is 34.4 Å². The van der Waals surface area contributed by atoms with Gasteiger partial charge < -0.3 is 10.1 Å². The number of benzene rings is 1. The maximum Gasteiger partial charge on any atom is 0.0561 e. The van der Waals surface area contributed by atoms with Gasteiger partial charge in [-0.25, -0.2) is 0 Å². The lowest BCUT2D eigenvalue weighted by Crippen LogP contribution is -2.39.